The van der Waals surface area contributed by atoms with Gasteiger partial charge in [0.25, 0.3) is 0 Å². The van der Waals surface area contributed by atoms with Crippen molar-refractivity contribution in [2.24, 2.45) is 5.92 Å². The smallest absolute Gasteiger partial charge is 0.146 e. The van der Waals surface area contributed by atoms with E-state index in [1.54, 1.807) is 19.2 Å². The molecule has 1 atom stereocenters. The van der Waals surface area contributed by atoms with E-state index in [1.807, 2.05) is 6.92 Å². The number of hydrogen-bond acceptors (Lipinski definition) is 2. The molecule has 0 aromatic heterocycles. The van der Waals surface area contributed by atoms with Gasteiger partial charge in [0.2, 0.25) is 0 Å². The highest BCUT2D eigenvalue weighted by Crippen LogP contribution is 2.22. The number of nitrogens with one attached hydrogen (secondary N) is 1. The summed E-state index contributed by atoms with van der Waals surface area (Å²) in [7, 11) is 1.57. The topological polar surface area (TPSA) is 21.3 Å². The molecule has 0 amide bonds. The Balaban J connectivity index is 2.83. The summed E-state index contributed by atoms with van der Waals surface area (Å²) in [5, 5.41) is 3.13. The third kappa shape index (κ3) is 3.11. The zero-order valence-corrected chi connectivity index (χ0v) is 9.67. The molecule has 0 aliphatic rings. The summed E-state index contributed by atoms with van der Waals surface area (Å²) in [6, 6.07) is 4.93. The van der Waals surface area contributed by atoms with Crippen LogP contribution < -0.4 is 10.1 Å². The van der Waals surface area contributed by atoms with Crippen molar-refractivity contribution in [2.45, 2.75) is 26.8 Å². The zero-order valence-electron chi connectivity index (χ0n) is 9.67. The van der Waals surface area contributed by atoms with Crippen LogP contribution in [0.2, 0.25) is 0 Å². The first-order chi connectivity index (χ1) is 7.04. The van der Waals surface area contributed by atoms with E-state index in [1.165, 1.54) is 6.07 Å². The van der Waals surface area contributed by atoms with Crippen molar-refractivity contribution in [3.8, 4) is 5.75 Å². The van der Waals surface area contributed by atoms with Gasteiger partial charge in [-0.05, 0) is 25.0 Å². The van der Waals surface area contributed by atoms with E-state index >= 15 is 0 Å². The van der Waals surface area contributed by atoms with E-state index in [4.69, 9.17) is 4.74 Å². The molecule has 0 fully saturated rings. The summed E-state index contributed by atoms with van der Waals surface area (Å²) in [6.07, 6.45) is 0. The number of ether oxygens (including phenoxy) is 1. The van der Waals surface area contributed by atoms with Gasteiger partial charge >= 0.3 is 0 Å². The SMILES string of the molecule is COc1ccc(F)c(N[C@H](C)C(C)C)c1. The Hall–Kier alpha value is -1.25. The Kier molecular flexibility index (Phi) is 3.95. The lowest BCUT2D eigenvalue weighted by Crippen LogP contribution is -2.22. The van der Waals surface area contributed by atoms with Crippen LogP contribution in [0.5, 0.6) is 5.75 Å². The molecule has 0 saturated heterocycles. The summed E-state index contributed by atoms with van der Waals surface area (Å²) in [6.45, 7) is 6.22. The fourth-order valence-corrected chi connectivity index (χ4v) is 1.15. The van der Waals surface area contributed by atoms with E-state index in [-0.39, 0.29) is 11.9 Å². The van der Waals surface area contributed by atoms with Crippen molar-refractivity contribution < 1.29 is 9.13 Å². The summed E-state index contributed by atoms with van der Waals surface area (Å²) < 4.78 is 18.5. The van der Waals surface area contributed by atoms with Gasteiger partial charge in [0, 0.05) is 12.1 Å². The van der Waals surface area contributed by atoms with Gasteiger partial charge in [0.15, 0.2) is 0 Å². The van der Waals surface area contributed by atoms with Crippen LogP contribution in [0, 0.1) is 11.7 Å². The molecule has 1 N–H and O–H groups in total. The van der Waals surface area contributed by atoms with E-state index in [0.29, 0.717) is 17.4 Å². The van der Waals surface area contributed by atoms with Gasteiger partial charge in [-0.25, -0.2) is 4.39 Å². The molecule has 3 heteroatoms. The fraction of sp³-hybridized carbons (Fsp3) is 0.500. The Labute approximate surface area is 90.4 Å². The third-order valence-electron chi connectivity index (χ3n) is 2.56. The maximum Gasteiger partial charge on any atom is 0.146 e. The van der Waals surface area contributed by atoms with E-state index < -0.39 is 0 Å². The molecule has 1 rings (SSSR count). The summed E-state index contributed by atoms with van der Waals surface area (Å²) in [4.78, 5) is 0. The minimum Gasteiger partial charge on any atom is -0.497 e. The van der Waals surface area contributed by atoms with Crippen LogP contribution in [-0.4, -0.2) is 13.2 Å². The van der Waals surface area contributed by atoms with Crippen LogP contribution in [0.25, 0.3) is 0 Å². The zero-order chi connectivity index (χ0) is 11.4. The predicted molar refractivity (Wildman–Crippen MR) is 60.9 cm³/mol. The molecular weight excluding hydrogens is 193 g/mol. The normalized spacial score (nSPS) is 12.7. The first-order valence-corrected chi connectivity index (χ1v) is 5.14. The molecule has 84 valence electrons. The standard InChI is InChI=1S/C12H18FNO/c1-8(2)9(3)14-12-7-10(15-4)5-6-11(12)13/h5-9,14H,1-4H3/t9-/m1/s1. The number of anilines is 1. The van der Waals surface area contributed by atoms with Gasteiger partial charge < -0.3 is 10.1 Å². The van der Waals surface area contributed by atoms with Gasteiger partial charge in [0.05, 0.1) is 12.8 Å². The summed E-state index contributed by atoms with van der Waals surface area (Å²) in [5.41, 5.74) is 0.496. The monoisotopic (exact) mass is 211 g/mol. The Morgan fingerprint density at radius 2 is 1.93 bits per heavy atom. The molecule has 15 heavy (non-hydrogen) atoms. The van der Waals surface area contributed by atoms with Crippen molar-refractivity contribution >= 4 is 5.69 Å². The summed E-state index contributed by atoms with van der Waals surface area (Å²) >= 11 is 0. The summed E-state index contributed by atoms with van der Waals surface area (Å²) in [5.74, 6) is 0.869. The lowest BCUT2D eigenvalue weighted by molar-refractivity contribution is 0.413. The Morgan fingerprint density at radius 1 is 1.27 bits per heavy atom. The minimum absolute atomic E-state index is 0.228. The Morgan fingerprint density at radius 3 is 2.47 bits per heavy atom. The van der Waals surface area contributed by atoms with Crippen molar-refractivity contribution in [1.82, 2.24) is 0 Å². The van der Waals surface area contributed by atoms with Gasteiger partial charge in [-0.1, -0.05) is 13.8 Å². The number of hydrogen-bond donors (Lipinski definition) is 1. The molecule has 0 bridgehead atoms. The second kappa shape index (κ2) is 5.01. The second-order valence-electron chi connectivity index (χ2n) is 4.02. The maximum atomic E-state index is 13.4. The van der Waals surface area contributed by atoms with Crippen LogP contribution in [0.4, 0.5) is 10.1 Å². The first-order valence-electron chi connectivity index (χ1n) is 5.14. The molecule has 1 aromatic carbocycles. The highest BCUT2D eigenvalue weighted by molar-refractivity contribution is 5.50. The van der Waals surface area contributed by atoms with E-state index in [2.05, 4.69) is 19.2 Å². The number of methoxy groups -OCH3 is 1. The molecule has 0 spiro atoms. The average Bonchev–Trinajstić information content (AvgIpc) is 2.21. The van der Waals surface area contributed by atoms with Crippen LogP contribution in [0.3, 0.4) is 0 Å². The molecule has 0 aliphatic heterocycles. The maximum absolute atomic E-state index is 13.4. The van der Waals surface area contributed by atoms with Gasteiger partial charge in [-0.15, -0.1) is 0 Å². The van der Waals surface area contributed by atoms with Crippen LogP contribution in [0.1, 0.15) is 20.8 Å². The van der Waals surface area contributed by atoms with Crippen molar-refractivity contribution in [2.75, 3.05) is 12.4 Å². The van der Waals surface area contributed by atoms with Crippen LogP contribution >= 0.6 is 0 Å². The van der Waals surface area contributed by atoms with E-state index in [9.17, 15) is 4.39 Å². The largest absolute Gasteiger partial charge is 0.497 e. The fourth-order valence-electron chi connectivity index (χ4n) is 1.15. The molecule has 2 nitrogen and oxygen atoms in total. The van der Waals surface area contributed by atoms with Gasteiger partial charge in [0.1, 0.15) is 11.6 Å². The van der Waals surface area contributed by atoms with Crippen LogP contribution in [-0.2, 0) is 0 Å². The van der Waals surface area contributed by atoms with E-state index in [0.717, 1.165) is 0 Å². The number of benzene rings is 1. The van der Waals surface area contributed by atoms with Gasteiger partial charge in [-0.3, -0.25) is 0 Å². The molecule has 0 radical (unpaired) electrons. The first kappa shape index (κ1) is 11.8. The molecule has 0 unspecified atom stereocenters. The average molecular weight is 211 g/mol. The second-order valence-corrected chi connectivity index (χ2v) is 4.02. The van der Waals surface area contributed by atoms with Crippen molar-refractivity contribution in [3.63, 3.8) is 0 Å². The molecule has 1 aromatic rings. The highest BCUT2D eigenvalue weighted by Gasteiger charge is 2.10. The predicted octanol–water partition coefficient (Wildman–Crippen LogP) is 3.29. The number of rotatable bonds is 4. The number of halogens is 1. The lowest BCUT2D eigenvalue weighted by atomic mass is 10.1. The molecular formula is C12H18FNO. The lowest BCUT2D eigenvalue weighted by Gasteiger charge is -2.19. The van der Waals surface area contributed by atoms with Crippen LogP contribution in [0.15, 0.2) is 18.2 Å². The minimum atomic E-state index is -0.247. The van der Waals surface area contributed by atoms with Crippen molar-refractivity contribution in [3.05, 3.63) is 24.0 Å². The molecule has 0 saturated carbocycles. The molecule has 0 aliphatic carbocycles. The third-order valence-corrected chi connectivity index (χ3v) is 2.56. The quantitative estimate of drug-likeness (QED) is 0.825. The van der Waals surface area contributed by atoms with Gasteiger partial charge in [-0.2, -0.15) is 0 Å². The molecule has 0 heterocycles. The Bertz CT molecular complexity index is 325. The van der Waals surface area contributed by atoms with Crippen molar-refractivity contribution in [1.29, 1.82) is 0 Å². The highest BCUT2D eigenvalue weighted by atomic mass is 19.1.